The van der Waals surface area contributed by atoms with Crippen molar-refractivity contribution in [3.05, 3.63) is 11.6 Å². The lowest BCUT2D eigenvalue weighted by molar-refractivity contribution is 0.177. The van der Waals surface area contributed by atoms with E-state index in [9.17, 15) is 0 Å². The van der Waals surface area contributed by atoms with Gasteiger partial charge in [0.25, 0.3) is 0 Å². The highest BCUT2D eigenvalue weighted by atomic mass is 16.5. The van der Waals surface area contributed by atoms with Crippen molar-refractivity contribution in [2.24, 2.45) is 5.92 Å². The van der Waals surface area contributed by atoms with Crippen LogP contribution in [0.5, 0.6) is 0 Å². The summed E-state index contributed by atoms with van der Waals surface area (Å²) in [5.41, 5.74) is 0. The van der Waals surface area contributed by atoms with Gasteiger partial charge in [-0.3, -0.25) is 4.90 Å². The topological polar surface area (TPSA) is 55.2 Å². The zero-order chi connectivity index (χ0) is 15.7. The lowest BCUT2D eigenvalue weighted by Gasteiger charge is -2.28. The minimum Gasteiger partial charge on any atom is -0.377 e. The van der Waals surface area contributed by atoms with Gasteiger partial charge in [-0.2, -0.15) is 5.10 Å². The van der Waals surface area contributed by atoms with Gasteiger partial charge in [-0.25, -0.2) is 9.67 Å². The second kappa shape index (κ2) is 6.64. The Bertz CT molecular complexity index is 501. The van der Waals surface area contributed by atoms with Crippen molar-refractivity contribution in [2.75, 3.05) is 20.2 Å². The monoisotopic (exact) mass is 307 g/mol. The molecule has 2 aliphatic heterocycles. The fraction of sp³-hybridized carbons (Fsp3) is 0.875. The SMILES string of the molecule is COCc1nc2n(n1)CCC[C@@H]2N[C@H]1CN(C(C)C)C[C@H]1C. The van der Waals surface area contributed by atoms with Crippen LogP contribution in [0, 0.1) is 5.92 Å². The third kappa shape index (κ3) is 3.19. The Hall–Kier alpha value is -0.980. The van der Waals surface area contributed by atoms with Gasteiger partial charge >= 0.3 is 0 Å². The zero-order valence-corrected chi connectivity index (χ0v) is 14.2. The van der Waals surface area contributed by atoms with E-state index in [1.165, 1.54) is 6.54 Å². The number of aryl methyl sites for hydroxylation is 1. The lowest BCUT2D eigenvalue weighted by Crippen LogP contribution is -2.41. The van der Waals surface area contributed by atoms with Crippen LogP contribution in [0.1, 0.15) is 51.3 Å². The summed E-state index contributed by atoms with van der Waals surface area (Å²) in [6.45, 7) is 10.7. The molecule has 1 saturated heterocycles. The van der Waals surface area contributed by atoms with E-state index in [1.807, 2.05) is 0 Å². The van der Waals surface area contributed by atoms with E-state index in [0.717, 1.165) is 37.6 Å². The number of nitrogens with one attached hydrogen (secondary N) is 1. The molecule has 1 fully saturated rings. The third-order valence-electron chi connectivity index (χ3n) is 4.98. The minimum atomic E-state index is 0.325. The van der Waals surface area contributed by atoms with Gasteiger partial charge in [0.05, 0.1) is 6.04 Å². The summed E-state index contributed by atoms with van der Waals surface area (Å²) in [5, 5.41) is 8.42. The van der Waals surface area contributed by atoms with E-state index in [1.54, 1.807) is 7.11 Å². The van der Waals surface area contributed by atoms with Crippen molar-refractivity contribution in [1.82, 2.24) is 25.0 Å². The first-order valence-corrected chi connectivity index (χ1v) is 8.51. The molecule has 0 radical (unpaired) electrons. The van der Waals surface area contributed by atoms with Gasteiger partial charge in [-0.15, -0.1) is 0 Å². The first-order chi connectivity index (χ1) is 10.6. The number of hydrogen-bond acceptors (Lipinski definition) is 5. The van der Waals surface area contributed by atoms with Crippen LogP contribution in [0.4, 0.5) is 0 Å². The number of methoxy groups -OCH3 is 1. The number of aromatic nitrogens is 3. The van der Waals surface area contributed by atoms with Crippen LogP contribution in [0.2, 0.25) is 0 Å². The molecule has 1 aromatic heterocycles. The van der Waals surface area contributed by atoms with Crippen molar-refractivity contribution in [3.63, 3.8) is 0 Å². The molecule has 0 bridgehead atoms. The molecule has 0 spiro atoms. The number of nitrogens with zero attached hydrogens (tertiary/aromatic N) is 4. The molecule has 124 valence electrons. The summed E-state index contributed by atoms with van der Waals surface area (Å²) < 4.78 is 7.23. The zero-order valence-electron chi connectivity index (χ0n) is 14.2. The molecule has 0 aromatic carbocycles. The van der Waals surface area contributed by atoms with E-state index in [2.05, 4.69) is 40.8 Å². The summed E-state index contributed by atoms with van der Waals surface area (Å²) in [6, 6.07) is 1.49. The molecule has 6 nitrogen and oxygen atoms in total. The van der Waals surface area contributed by atoms with E-state index >= 15 is 0 Å². The predicted octanol–water partition coefficient (Wildman–Crippen LogP) is 1.58. The van der Waals surface area contributed by atoms with Crippen molar-refractivity contribution in [3.8, 4) is 0 Å². The number of likely N-dealkylation sites (tertiary alicyclic amines) is 1. The maximum Gasteiger partial charge on any atom is 0.176 e. The van der Waals surface area contributed by atoms with Crippen LogP contribution < -0.4 is 5.32 Å². The average molecular weight is 307 g/mol. The van der Waals surface area contributed by atoms with Crippen LogP contribution >= 0.6 is 0 Å². The maximum absolute atomic E-state index is 5.17. The van der Waals surface area contributed by atoms with Gasteiger partial charge in [0.15, 0.2) is 5.82 Å². The molecule has 0 unspecified atom stereocenters. The molecule has 0 amide bonds. The van der Waals surface area contributed by atoms with Gasteiger partial charge < -0.3 is 10.1 Å². The smallest absolute Gasteiger partial charge is 0.176 e. The van der Waals surface area contributed by atoms with Gasteiger partial charge in [-0.1, -0.05) is 6.92 Å². The normalized spacial score (nSPS) is 29.2. The Kier molecular flexibility index (Phi) is 4.80. The fourth-order valence-corrected chi connectivity index (χ4v) is 3.65. The summed E-state index contributed by atoms with van der Waals surface area (Å²) >= 11 is 0. The number of rotatable bonds is 5. The van der Waals surface area contributed by atoms with Crippen molar-refractivity contribution < 1.29 is 4.74 Å². The molecule has 3 rings (SSSR count). The summed E-state index contributed by atoms with van der Waals surface area (Å²) in [6.07, 6.45) is 2.31. The summed E-state index contributed by atoms with van der Waals surface area (Å²) in [5.74, 6) is 2.57. The van der Waals surface area contributed by atoms with Crippen LogP contribution in [0.25, 0.3) is 0 Å². The molecule has 1 N–H and O–H groups in total. The van der Waals surface area contributed by atoms with Gasteiger partial charge in [-0.05, 0) is 32.6 Å². The average Bonchev–Trinajstić information content (AvgIpc) is 3.04. The van der Waals surface area contributed by atoms with Crippen LogP contribution in [0.3, 0.4) is 0 Å². The molecular formula is C16H29N5O. The second-order valence-corrected chi connectivity index (χ2v) is 7.04. The van der Waals surface area contributed by atoms with E-state index in [0.29, 0.717) is 30.7 Å². The van der Waals surface area contributed by atoms with Crippen LogP contribution in [0.15, 0.2) is 0 Å². The largest absolute Gasteiger partial charge is 0.377 e. The molecule has 6 heteroatoms. The highest BCUT2D eigenvalue weighted by molar-refractivity contribution is 5.04. The fourth-order valence-electron chi connectivity index (χ4n) is 3.65. The Balaban J connectivity index is 1.69. The van der Waals surface area contributed by atoms with Crippen molar-refractivity contribution in [1.29, 1.82) is 0 Å². The highest BCUT2D eigenvalue weighted by Gasteiger charge is 2.34. The Morgan fingerprint density at radius 2 is 2.18 bits per heavy atom. The molecule has 0 aliphatic carbocycles. The van der Waals surface area contributed by atoms with Gasteiger partial charge in [0.2, 0.25) is 0 Å². The van der Waals surface area contributed by atoms with Crippen molar-refractivity contribution in [2.45, 2.75) is 64.9 Å². The molecule has 3 atom stereocenters. The standard InChI is InChI=1S/C16H29N5O/c1-11(2)20-8-12(3)14(9-20)17-13-6-5-7-21-16(13)18-15(19-21)10-22-4/h11-14,17H,5-10H2,1-4H3/t12-,13+,14+/m1/s1. The quantitative estimate of drug-likeness (QED) is 0.895. The van der Waals surface area contributed by atoms with E-state index in [4.69, 9.17) is 9.72 Å². The molecule has 3 heterocycles. The van der Waals surface area contributed by atoms with E-state index in [-0.39, 0.29) is 0 Å². The van der Waals surface area contributed by atoms with Crippen molar-refractivity contribution >= 4 is 0 Å². The molecule has 22 heavy (non-hydrogen) atoms. The first kappa shape index (κ1) is 15.9. The van der Waals surface area contributed by atoms with E-state index < -0.39 is 0 Å². The Morgan fingerprint density at radius 1 is 1.36 bits per heavy atom. The second-order valence-electron chi connectivity index (χ2n) is 7.04. The highest BCUT2D eigenvalue weighted by Crippen LogP contribution is 2.27. The van der Waals surface area contributed by atoms with Crippen LogP contribution in [-0.2, 0) is 17.9 Å². The predicted molar refractivity (Wildman–Crippen MR) is 85.5 cm³/mol. The number of ether oxygens (including phenoxy) is 1. The van der Waals surface area contributed by atoms with Crippen LogP contribution in [-0.4, -0.2) is 51.9 Å². The number of hydrogen-bond donors (Lipinski definition) is 1. The molecule has 2 aliphatic rings. The van der Waals surface area contributed by atoms with Gasteiger partial charge in [0, 0.05) is 38.8 Å². The molecule has 1 aromatic rings. The Labute approximate surface area is 133 Å². The summed E-state index contributed by atoms with van der Waals surface area (Å²) in [4.78, 5) is 7.26. The molecular weight excluding hydrogens is 278 g/mol. The van der Waals surface area contributed by atoms with Gasteiger partial charge in [0.1, 0.15) is 12.4 Å². The summed E-state index contributed by atoms with van der Waals surface area (Å²) in [7, 11) is 1.69. The third-order valence-corrected chi connectivity index (χ3v) is 4.98. The molecule has 0 saturated carbocycles. The minimum absolute atomic E-state index is 0.325. The maximum atomic E-state index is 5.17. The first-order valence-electron chi connectivity index (χ1n) is 8.51. The Morgan fingerprint density at radius 3 is 2.86 bits per heavy atom. The lowest BCUT2D eigenvalue weighted by atomic mass is 10.0. The number of fused-ring (bicyclic) bond motifs is 1.